The van der Waals surface area contributed by atoms with Crippen LogP contribution in [0.1, 0.15) is 5.56 Å². The Kier molecular flexibility index (Phi) is 10.4. The van der Waals surface area contributed by atoms with Crippen LogP contribution in [0.4, 0.5) is 4.39 Å². The van der Waals surface area contributed by atoms with Crippen LogP contribution in [0.5, 0.6) is 0 Å². The molecule has 64 heavy (non-hydrogen) atoms. The Morgan fingerprint density at radius 1 is 0.359 bits per heavy atom. The van der Waals surface area contributed by atoms with Gasteiger partial charge in [0.15, 0.2) is 5.82 Å². The van der Waals surface area contributed by atoms with Gasteiger partial charge in [-0.2, -0.15) is 0 Å². The van der Waals surface area contributed by atoms with Crippen molar-refractivity contribution in [3.8, 4) is 67.3 Å². The van der Waals surface area contributed by atoms with Gasteiger partial charge < -0.3 is 0 Å². The van der Waals surface area contributed by atoms with E-state index in [1.165, 1.54) is 58.0 Å². The molecule has 6 heteroatoms. The Balaban J connectivity index is 0.000000598. The molecule has 0 bridgehead atoms. The van der Waals surface area contributed by atoms with Gasteiger partial charge in [-0.25, -0.2) is 14.4 Å². The number of nitrogens with zero attached hydrogens (tertiary/aromatic N) is 3. The molecule has 0 saturated carbocycles. The summed E-state index contributed by atoms with van der Waals surface area (Å²) >= 11 is 3.64. The fourth-order valence-electron chi connectivity index (χ4n) is 8.32. The second-order valence-electron chi connectivity index (χ2n) is 15.9. The van der Waals surface area contributed by atoms with Crippen LogP contribution in [0.25, 0.3) is 108 Å². The maximum atomic E-state index is 14.2. The number of thiophene rings is 2. The average molecular weight is 860 g/mol. The molecule has 0 unspecified atom stereocenters. The van der Waals surface area contributed by atoms with Gasteiger partial charge in [-0.05, 0) is 132 Å². The SMILES string of the molecule is Cc1ccccc1.Fc1ccc(-c2cc(-c3cccc(-c4cccnc4)c3)nc(-c3cc(-c4ccc5sc6ccccc6c5c4)cc(-c4ccc5sc6ccccc6c5c4)c3)n2)cc1. The van der Waals surface area contributed by atoms with Crippen LogP contribution >= 0.6 is 22.7 Å². The fourth-order valence-corrected chi connectivity index (χ4v) is 10.5. The zero-order valence-corrected chi connectivity index (χ0v) is 36.4. The third-order valence-corrected chi connectivity index (χ3v) is 13.9. The van der Waals surface area contributed by atoms with Crippen molar-refractivity contribution in [2.45, 2.75) is 6.92 Å². The number of hydrogen-bond donors (Lipinski definition) is 0. The molecule has 0 atom stereocenters. The molecule has 304 valence electrons. The first-order valence-corrected chi connectivity index (χ1v) is 22.8. The number of aryl methyl sites for hydroxylation is 1. The Morgan fingerprint density at radius 3 is 1.45 bits per heavy atom. The van der Waals surface area contributed by atoms with Crippen LogP contribution in [-0.4, -0.2) is 15.0 Å². The molecule has 0 amide bonds. The fraction of sp³-hybridized carbons (Fsp3) is 0.0172. The van der Waals surface area contributed by atoms with E-state index in [0.29, 0.717) is 11.5 Å². The zero-order valence-electron chi connectivity index (χ0n) is 34.7. The molecule has 0 aliphatic heterocycles. The first kappa shape index (κ1) is 39.2. The van der Waals surface area contributed by atoms with Crippen molar-refractivity contribution in [2.75, 3.05) is 0 Å². The molecule has 0 saturated heterocycles. The standard InChI is InChI=1S/C51H30FN3S2.C7H8/c52-40-18-14-31(15-19-40)45-29-46(35-8-5-7-32(23-35)36-9-6-22-53-30-36)55-51(54-45)39-25-37(33-16-20-49-43(27-33)41-10-1-3-12-47(41)56-49)24-38(26-39)34-17-21-50-44(28-34)42-11-2-4-13-48(42)57-50;1-7-5-3-2-4-6-7/h1-30H;2-6H,1H3. The minimum atomic E-state index is -0.291. The van der Waals surface area contributed by atoms with Gasteiger partial charge in [-0.3, -0.25) is 4.98 Å². The van der Waals surface area contributed by atoms with E-state index < -0.39 is 0 Å². The Labute approximate surface area is 378 Å². The summed E-state index contributed by atoms with van der Waals surface area (Å²) in [5.74, 6) is 0.298. The van der Waals surface area contributed by atoms with Crippen molar-refractivity contribution in [1.82, 2.24) is 15.0 Å². The van der Waals surface area contributed by atoms with E-state index in [9.17, 15) is 4.39 Å². The largest absolute Gasteiger partial charge is 0.264 e. The summed E-state index contributed by atoms with van der Waals surface area (Å²) in [5.41, 5.74) is 11.9. The van der Waals surface area contributed by atoms with Gasteiger partial charge in [-0.15, -0.1) is 22.7 Å². The van der Waals surface area contributed by atoms with E-state index in [1.807, 2.05) is 65.3 Å². The number of pyridine rings is 1. The van der Waals surface area contributed by atoms with Gasteiger partial charge in [-0.1, -0.05) is 109 Å². The topological polar surface area (TPSA) is 38.7 Å². The molecule has 8 aromatic carbocycles. The third-order valence-electron chi connectivity index (χ3n) is 11.6. The number of hydrogen-bond acceptors (Lipinski definition) is 5. The second-order valence-corrected chi connectivity index (χ2v) is 18.0. The first-order valence-electron chi connectivity index (χ1n) is 21.2. The molecule has 4 heterocycles. The smallest absolute Gasteiger partial charge is 0.160 e. The number of rotatable bonds is 6. The first-order chi connectivity index (χ1) is 31.5. The lowest BCUT2D eigenvalue weighted by atomic mass is 9.94. The summed E-state index contributed by atoms with van der Waals surface area (Å²) in [6.45, 7) is 2.08. The van der Waals surface area contributed by atoms with Crippen LogP contribution in [-0.2, 0) is 0 Å². The van der Waals surface area contributed by atoms with E-state index in [1.54, 1.807) is 18.3 Å². The maximum absolute atomic E-state index is 14.2. The van der Waals surface area contributed by atoms with Crippen molar-refractivity contribution in [1.29, 1.82) is 0 Å². The van der Waals surface area contributed by atoms with E-state index >= 15 is 0 Å². The van der Waals surface area contributed by atoms with E-state index in [2.05, 4.69) is 151 Å². The van der Waals surface area contributed by atoms with Gasteiger partial charge in [0.1, 0.15) is 5.82 Å². The lowest BCUT2D eigenvalue weighted by molar-refractivity contribution is 0.628. The minimum absolute atomic E-state index is 0.291. The molecule has 12 aromatic rings. The van der Waals surface area contributed by atoms with Crippen LogP contribution in [0, 0.1) is 12.7 Å². The highest BCUT2D eigenvalue weighted by Crippen LogP contribution is 2.41. The predicted octanol–water partition coefficient (Wildman–Crippen LogP) is 16.7. The molecule has 12 rings (SSSR count). The summed E-state index contributed by atoms with van der Waals surface area (Å²) < 4.78 is 19.3. The highest BCUT2D eigenvalue weighted by atomic mass is 32.1. The molecule has 0 fully saturated rings. The summed E-state index contributed by atoms with van der Waals surface area (Å²) in [4.78, 5) is 14.8. The average Bonchev–Trinajstić information content (AvgIpc) is 3.92. The quantitative estimate of drug-likeness (QED) is 0.167. The van der Waals surface area contributed by atoms with Crippen molar-refractivity contribution < 1.29 is 4.39 Å². The predicted molar refractivity (Wildman–Crippen MR) is 269 cm³/mol. The lowest BCUT2D eigenvalue weighted by Crippen LogP contribution is -1.97. The highest BCUT2D eigenvalue weighted by Gasteiger charge is 2.16. The summed E-state index contributed by atoms with van der Waals surface area (Å²) in [5, 5.41) is 5.02. The Hall–Kier alpha value is -7.64. The van der Waals surface area contributed by atoms with E-state index in [4.69, 9.17) is 9.97 Å². The third kappa shape index (κ3) is 7.86. The van der Waals surface area contributed by atoms with Crippen molar-refractivity contribution in [3.63, 3.8) is 0 Å². The molecule has 4 aromatic heterocycles. The number of benzene rings is 8. The molecular formula is C58H38FN3S2. The Morgan fingerprint density at radius 2 is 0.859 bits per heavy atom. The van der Waals surface area contributed by atoms with Gasteiger partial charge >= 0.3 is 0 Å². The molecule has 3 nitrogen and oxygen atoms in total. The number of halogens is 1. The molecule has 0 N–H and O–H groups in total. The van der Waals surface area contributed by atoms with E-state index in [0.717, 1.165) is 55.8 Å². The summed E-state index contributed by atoms with van der Waals surface area (Å²) in [7, 11) is 0. The normalized spacial score (nSPS) is 11.3. The summed E-state index contributed by atoms with van der Waals surface area (Å²) in [6.07, 6.45) is 3.65. The van der Waals surface area contributed by atoms with Crippen molar-refractivity contribution in [2.24, 2.45) is 0 Å². The maximum Gasteiger partial charge on any atom is 0.160 e. The molecule has 0 aliphatic carbocycles. The van der Waals surface area contributed by atoms with Gasteiger partial charge in [0, 0.05) is 75.0 Å². The van der Waals surface area contributed by atoms with Crippen molar-refractivity contribution in [3.05, 3.63) is 224 Å². The second kappa shape index (κ2) is 16.9. The van der Waals surface area contributed by atoms with Gasteiger partial charge in [0.05, 0.1) is 11.4 Å². The number of fused-ring (bicyclic) bond motifs is 6. The molecule has 0 spiro atoms. The van der Waals surface area contributed by atoms with Gasteiger partial charge in [0.2, 0.25) is 0 Å². The monoisotopic (exact) mass is 859 g/mol. The lowest BCUT2D eigenvalue weighted by Gasteiger charge is -2.14. The minimum Gasteiger partial charge on any atom is -0.264 e. The van der Waals surface area contributed by atoms with Crippen molar-refractivity contribution >= 4 is 63.0 Å². The highest BCUT2D eigenvalue weighted by molar-refractivity contribution is 7.26. The van der Waals surface area contributed by atoms with E-state index in [-0.39, 0.29) is 5.82 Å². The Bertz CT molecular complexity index is 3500. The molecule has 0 radical (unpaired) electrons. The molecule has 0 aliphatic rings. The van der Waals surface area contributed by atoms with Crippen LogP contribution in [0.2, 0.25) is 0 Å². The van der Waals surface area contributed by atoms with Crippen LogP contribution < -0.4 is 0 Å². The van der Waals surface area contributed by atoms with Gasteiger partial charge in [0.25, 0.3) is 0 Å². The summed E-state index contributed by atoms with van der Waals surface area (Å²) in [6, 6.07) is 68.6. The van der Waals surface area contributed by atoms with Crippen LogP contribution in [0.3, 0.4) is 0 Å². The zero-order chi connectivity index (χ0) is 43.0. The number of aromatic nitrogens is 3. The van der Waals surface area contributed by atoms with Crippen LogP contribution in [0.15, 0.2) is 213 Å². The molecular weight excluding hydrogens is 822 g/mol.